The van der Waals surface area contributed by atoms with E-state index in [1.54, 1.807) is 0 Å². The Hall–Kier alpha value is -7.12. The lowest BCUT2D eigenvalue weighted by Crippen LogP contribution is -2.61. The Kier molecular flexibility index (Phi) is 9.20. The number of anilines is 8. The fourth-order valence-electron chi connectivity index (χ4n) is 14.0. The highest BCUT2D eigenvalue weighted by Gasteiger charge is 2.58. The van der Waals surface area contributed by atoms with Gasteiger partial charge in [0.25, 0.3) is 6.71 Å². The predicted molar refractivity (Wildman–Crippen MR) is 318 cm³/mol. The number of hydrogen-bond donors (Lipinski definition) is 0. The first-order valence-electron chi connectivity index (χ1n) is 26.3. The third-order valence-electron chi connectivity index (χ3n) is 17.8. The lowest BCUT2D eigenvalue weighted by atomic mass is 9.33. The van der Waals surface area contributed by atoms with Gasteiger partial charge in [-0.05, 0) is 149 Å². The summed E-state index contributed by atoms with van der Waals surface area (Å²) >= 11 is 3.80. The summed E-state index contributed by atoms with van der Waals surface area (Å²) in [6, 6.07) is 70.3. The van der Waals surface area contributed by atoms with Gasteiger partial charge >= 0.3 is 0 Å². The SMILES string of the molecule is Cc1cc2c3c(c1)N(c1cccc4sc5ccccc5c14)c1cc(-c4ccccc4)ccc1B3c1ccc(N3c4ccc(C(C)(C)C)cc4C4(C)CCCCC34C)cc1N2c1ccc2c(c1)sc1ccccc12. The molecule has 2 aromatic heterocycles. The molecule has 0 amide bonds. The summed E-state index contributed by atoms with van der Waals surface area (Å²) in [5, 5.41) is 5.26. The van der Waals surface area contributed by atoms with Gasteiger partial charge in [0.1, 0.15) is 0 Å². The Balaban J connectivity index is 1.02. The molecule has 2 unspecified atom stereocenters. The van der Waals surface area contributed by atoms with Crippen molar-refractivity contribution in [1.82, 2.24) is 0 Å². The minimum Gasteiger partial charge on any atom is -0.334 e. The van der Waals surface area contributed by atoms with Crippen molar-refractivity contribution in [2.45, 2.75) is 83.6 Å². The maximum absolute atomic E-state index is 2.79. The molecule has 15 rings (SSSR count). The summed E-state index contributed by atoms with van der Waals surface area (Å²) < 4.78 is 5.26. The van der Waals surface area contributed by atoms with E-state index in [9.17, 15) is 0 Å². The molecule has 0 saturated heterocycles. The van der Waals surface area contributed by atoms with Crippen LogP contribution in [0.25, 0.3) is 51.5 Å². The van der Waals surface area contributed by atoms with Crippen molar-refractivity contribution in [2.24, 2.45) is 0 Å². The monoisotopic (exact) mass is 977 g/mol. The molecule has 73 heavy (non-hydrogen) atoms. The first kappa shape index (κ1) is 43.5. The standard InChI is InChI=1S/C67H56BN3S2/c1-41-35-57-64-58(36-41)70(54-21-16-24-61-63(54)49-20-11-13-23-60(49)72-61)55-37-43(42-17-8-7-9-18-42)25-30-51(55)68(64)52-31-28-46(39-56(52)69(57)45-27-29-48-47-19-10-12-22-59(47)73-62(48)40-45)71-53-32-26-44(65(2,3)4)38-50(53)66(5)33-14-15-34-67(66,71)6/h7-13,16-32,35-40H,14-15,33-34H2,1-6H3. The Labute approximate surface area is 437 Å². The van der Waals surface area contributed by atoms with Gasteiger partial charge in [-0.1, -0.05) is 150 Å². The van der Waals surface area contributed by atoms with Gasteiger partial charge in [0.2, 0.25) is 0 Å². The average Bonchev–Trinajstić information content (AvgIpc) is 4.04. The van der Waals surface area contributed by atoms with Gasteiger partial charge in [0.15, 0.2) is 0 Å². The molecular weight excluding hydrogens is 922 g/mol. The largest absolute Gasteiger partial charge is 0.334 e. The molecule has 1 saturated carbocycles. The number of thiophene rings is 2. The quantitative estimate of drug-likeness (QED) is 0.163. The van der Waals surface area contributed by atoms with E-state index in [0.29, 0.717) is 0 Å². The third-order valence-corrected chi connectivity index (χ3v) is 20.0. The zero-order valence-corrected chi connectivity index (χ0v) is 44.0. The average molecular weight is 978 g/mol. The van der Waals surface area contributed by atoms with E-state index in [4.69, 9.17) is 0 Å². The van der Waals surface area contributed by atoms with Gasteiger partial charge in [0.05, 0.1) is 11.2 Å². The van der Waals surface area contributed by atoms with Crippen molar-refractivity contribution in [3.63, 3.8) is 0 Å². The van der Waals surface area contributed by atoms with Crippen LogP contribution in [0.2, 0.25) is 0 Å². The molecule has 5 heterocycles. The molecule has 0 spiro atoms. The van der Waals surface area contributed by atoms with Crippen molar-refractivity contribution >= 4 is 132 Å². The molecule has 9 aromatic carbocycles. The topological polar surface area (TPSA) is 9.72 Å². The first-order chi connectivity index (χ1) is 35.5. The first-order valence-corrected chi connectivity index (χ1v) is 28.0. The summed E-state index contributed by atoms with van der Waals surface area (Å²) in [6.45, 7) is 14.5. The number of nitrogens with zero attached hydrogens (tertiary/aromatic N) is 3. The molecule has 1 aliphatic carbocycles. The number of hydrogen-bond acceptors (Lipinski definition) is 5. The molecule has 3 aliphatic heterocycles. The van der Waals surface area contributed by atoms with Crippen LogP contribution in [-0.4, -0.2) is 12.3 Å². The van der Waals surface area contributed by atoms with E-state index < -0.39 is 0 Å². The Morgan fingerprint density at radius 2 is 1.14 bits per heavy atom. The van der Waals surface area contributed by atoms with Crippen molar-refractivity contribution < 1.29 is 0 Å². The number of aryl methyl sites for hydroxylation is 1. The van der Waals surface area contributed by atoms with Gasteiger partial charge in [-0.25, -0.2) is 0 Å². The van der Waals surface area contributed by atoms with Gasteiger partial charge in [0, 0.05) is 85.6 Å². The zero-order valence-electron chi connectivity index (χ0n) is 42.4. The Morgan fingerprint density at radius 1 is 0.479 bits per heavy atom. The van der Waals surface area contributed by atoms with Crippen LogP contribution >= 0.6 is 22.7 Å². The van der Waals surface area contributed by atoms with Crippen LogP contribution in [0.5, 0.6) is 0 Å². The minimum absolute atomic E-state index is 0.0100. The third kappa shape index (κ3) is 6.11. The summed E-state index contributed by atoms with van der Waals surface area (Å²) in [7, 11) is 0. The maximum Gasteiger partial charge on any atom is 0.252 e. The molecule has 4 aliphatic rings. The van der Waals surface area contributed by atoms with E-state index in [1.807, 2.05) is 22.7 Å². The van der Waals surface area contributed by atoms with Crippen LogP contribution in [0.15, 0.2) is 182 Å². The predicted octanol–water partition coefficient (Wildman–Crippen LogP) is 17.5. The second-order valence-electron chi connectivity index (χ2n) is 22.9. The Bertz CT molecular complexity index is 4120. The summed E-state index contributed by atoms with van der Waals surface area (Å²) in [6.07, 6.45) is 4.84. The van der Waals surface area contributed by atoms with Crippen LogP contribution < -0.4 is 31.1 Å². The molecule has 6 heteroatoms. The van der Waals surface area contributed by atoms with Crippen LogP contribution in [0.3, 0.4) is 0 Å². The van der Waals surface area contributed by atoms with Crippen LogP contribution in [0.1, 0.15) is 77.0 Å². The Morgan fingerprint density at radius 3 is 1.95 bits per heavy atom. The second kappa shape index (κ2) is 15.5. The number of fused-ring (bicyclic) bond motifs is 13. The highest BCUT2D eigenvalue weighted by atomic mass is 32.1. The summed E-state index contributed by atoms with van der Waals surface area (Å²) in [4.78, 5) is 8.07. The maximum atomic E-state index is 2.79. The van der Waals surface area contributed by atoms with Crippen molar-refractivity contribution in [3.05, 3.63) is 199 Å². The van der Waals surface area contributed by atoms with Crippen LogP contribution in [-0.2, 0) is 10.8 Å². The van der Waals surface area contributed by atoms with Gasteiger partial charge in [-0.15, -0.1) is 22.7 Å². The van der Waals surface area contributed by atoms with Crippen LogP contribution in [0, 0.1) is 6.92 Å². The number of rotatable bonds is 4. The summed E-state index contributed by atoms with van der Waals surface area (Å²) in [5.74, 6) is 0. The van der Waals surface area contributed by atoms with Gasteiger partial charge in [-0.3, -0.25) is 0 Å². The highest BCUT2D eigenvalue weighted by Crippen LogP contribution is 2.62. The fraction of sp³-hybridized carbons (Fsp3) is 0.194. The molecule has 11 aromatic rings. The lowest BCUT2D eigenvalue weighted by molar-refractivity contribution is 0.195. The highest BCUT2D eigenvalue weighted by molar-refractivity contribution is 7.26. The molecule has 2 atom stereocenters. The van der Waals surface area contributed by atoms with Crippen molar-refractivity contribution in [2.75, 3.05) is 14.7 Å². The molecule has 354 valence electrons. The van der Waals surface area contributed by atoms with Gasteiger partial charge < -0.3 is 14.7 Å². The van der Waals surface area contributed by atoms with Gasteiger partial charge in [-0.2, -0.15) is 0 Å². The van der Waals surface area contributed by atoms with E-state index >= 15 is 0 Å². The van der Waals surface area contributed by atoms with E-state index in [1.165, 1.54) is 149 Å². The molecule has 3 nitrogen and oxygen atoms in total. The summed E-state index contributed by atoms with van der Waals surface area (Å²) in [5.41, 5.74) is 20.7. The second-order valence-corrected chi connectivity index (χ2v) is 25.0. The lowest BCUT2D eigenvalue weighted by Gasteiger charge is -2.50. The smallest absolute Gasteiger partial charge is 0.252 e. The van der Waals surface area contributed by atoms with E-state index in [2.05, 4.69) is 238 Å². The van der Waals surface area contributed by atoms with E-state index in [-0.39, 0.29) is 23.1 Å². The number of benzene rings is 9. The van der Waals surface area contributed by atoms with Crippen molar-refractivity contribution in [3.8, 4) is 11.1 Å². The molecule has 1 fully saturated rings. The molecule has 0 radical (unpaired) electrons. The molecule has 0 N–H and O–H groups in total. The molecule has 0 bridgehead atoms. The van der Waals surface area contributed by atoms with Crippen molar-refractivity contribution in [1.29, 1.82) is 0 Å². The fourth-order valence-corrected chi connectivity index (χ4v) is 16.3. The van der Waals surface area contributed by atoms with E-state index in [0.717, 1.165) is 6.42 Å². The minimum atomic E-state index is -0.0892. The zero-order chi connectivity index (χ0) is 49.1. The normalized spacial score (nSPS) is 18.9. The molecular formula is C67H56BN3S2. The van der Waals surface area contributed by atoms with Crippen LogP contribution in [0.4, 0.5) is 45.5 Å².